The molecular weight excluding hydrogens is 377 g/mol. The SMILES string of the molecule is O=C(NCCO)C(=O)NCCC1CCCCN1S(=O)(=O)c1ccc(F)cc1. The fourth-order valence-corrected chi connectivity index (χ4v) is 4.73. The summed E-state index contributed by atoms with van der Waals surface area (Å²) in [6.07, 6.45) is 2.60. The number of nitrogens with one attached hydrogen (secondary N) is 2. The molecule has 0 spiro atoms. The molecule has 27 heavy (non-hydrogen) atoms. The van der Waals surface area contributed by atoms with Gasteiger partial charge in [0.15, 0.2) is 0 Å². The molecule has 150 valence electrons. The van der Waals surface area contributed by atoms with Crippen LogP contribution in [-0.4, -0.2) is 61.9 Å². The third-order valence-electron chi connectivity index (χ3n) is 4.36. The zero-order chi connectivity index (χ0) is 19.9. The van der Waals surface area contributed by atoms with Crippen LogP contribution < -0.4 is 10.6 Å². The number of piperidine rings is 1. The van der Waals surface area contributed by atoms with Gasteiger partial charge in [-0.3, -0.25) is 9.59 Å². The van der Waals surface area contributed by atoms with Gasteiger partial charge in [0.25, 0.3) is 0 Å². The lowest BCUT2D eigenvalue weighted by atomic mass is 10.0. The normalized spacial score (nSPS) is 18.1. The smallest absolute Gasteiger partial charge is 0.309 e. The molecule has 0 radical (unpaired) electrons. The van der Waals surface area contributed by atoms with Crippen LogP contribution in [0.1, 0.15) is 25.7 Å². The van der Waals surface area contributed by atoms with Gasteiger partial charge in [-0.1, -0.05) is 6.42 Å². The monoisotopic (exact) mass is 401 g/mol. The summed E-state index contributed by atoms with van der Waals surface area (Å²) >= 11 is 0. The summed E-state index contributed by atoms with van der Waals surface area (Å²) in [6, 6.07) is 4.39. The van der Waals surface area contributed by atoms with Crippen molar-refractivity contribution in [2.45, 2.75) is 36.6 Å². The maximum Gasteiger partial charge on any atom is 0.309 e. The fourth-order valence-electron chi connectivity index (χ4n) is 3.00. The Morgan fingerprint density at radius 1 is 1.11 bits per heavy atom. The maximum atomic E-state index is 13.1. The van der Waals surface area contributed by atoms with Crippen molar-refractivity contribution >= 4 is 21.8 Å². The molecule has 1 aromatic rings. The van der Waals surface area contributed by atoms with Gasteiger partial charge < -0.3 is 15.7 Å². The lowest BCUT2D eigenvalue weighted by Gasteiger charge is -2.34. The van der Waals surface area contributed by atoms with Crippen molar-refractivity contribution in [2.24, 2.45) is 0 Å². The van der Waals surface area contributed by atoms with Gasteiger partial charge in [0.05, 0.1) is 11.5 Å². The van der Waals surface area contributed by atoms with Crippen LogP contribution in [-0.2, 0) is 19.6 Å². The predicted octanol–water partition coefficient (Wildman–Crippen LogP) is -0.0163. The van der Waals surface area contributed by atoms with E-state index in [0.717, 1.165) is 25.0 Å². The Bertz CT molecular complexity index is 754. The quantitative estimate of drug-likeness (QED) is 0.556. The summed E-state index contributed by atoms with van der Waals surface area (Å²) in [4.78, 5) is 23.1. The highest BCUT2D eigenvalue weighted by Gasteiger charge is 2.33. The van der Waals surface area contributed by atoms with E-state index in [4.69, 9.17) is 5.11 Å². The van der Waals surface area contributed by atoms with Crippen LogP contribution in [0.5, 0.6) is 0 Å². The van der Waals surface area contributed by atoms with Crippen LogP contribution in [0.25, 0.3) is 0 Å². The van der Waals surface area contributed by atoms with Crippen molar-refractivity contribution in [3.8, 4) is 0 Å². The number of halogens is 1. The zero-order valence-corrected chi connectivity index (χ0v) is 15.7. The van der Waals surface area contributed by atoms with E-state index >= 15 is 0 Å². The number of carbonyl (C=O) groups is 2. The second-order valence-corrected chi connectivity index (χ2v) is 8.13. The Kier molecular flexibility index (Phi) is 7.69. The van der Waals surface area contributed by atoms with Crippen molar-refractivity contribution in [1.29, 1.82) is 0 Å². The summed E-state index contributed by atoms with van der Waals surface area (Å²) in [6.45, 7) is 0.219. The summed E-state index contributed by atoms with van der Waals surface area (Å²) in [5.41, 5.74) is 0. The van der Waals surface area contributed by atoms with Gasteiger partial charge in [0.1, 0.15) is 5.82 Å². The molecule has 0 aliphatic carbocycles. The minimum Gasteiger partial charge on any atom is -0.395 e. The number of amides is 2. The van der Waals surface area contributed by atoms with Crippen LogP contribution in [0.15, 0.2) is 29.2 Å². The van der Waals surface area contributed by atoms with E-state index in [2.05, 4.69) is 10.6 Å². The minimum absolute atomic E-state index is 0.0153. The first-order chi connectivity index (χ1) is 12.9. The molecule has 3 N–H and O–H groups in total. The Balaban J connectivity index is 1.97. The average molecular weight is 401 g/mol. The zero-order valence-electron chi connectivity index (χ0n) is 14.9. The molecule has 2 amide bonds. The molecule has 0 bridgehead atoms. The van der Waals surface area contributed by atoms with Gasteiger partial charge in [-0.05, 0) is 43.5 Å². The van der Waals surface area contributed by atoms with E-state index in [1.54, 1.807) is 0 Å². The topological polar surface area (TPSA) is 116 Å². The third-order valence-corrected chi connectivity index (χ3v) is 6.33. The van der Waals surface area contributed by atoms with Gasteiger partial charge in [0, 0.05) is 25.7 Å². The summed E-state index contributed by atoms with van der Waals surface area (Å²) in [5.74, 6) is -2.18. The number of carbonyl (C=O) groups excluding carboxylic acids is 2. The third kappa shape index (κ3) is 5.72. The molecule has 2 rings (SSSR count). The maximum absolute atomic E-state index is 13.1. The van der Waals surface area contributed by atoms with Crippen molar-refractivity contribution in [3.05, 3.63) is 30.1 Å². The van der Waals surface area contributed by atoms with Crippen LogP contribution >= 0.6 is 0 Å². The Morgan fingerprint density at radius 2 is 1.74 bits per heavy atom. The highest BCUT2D eigenvalue weighted by atomic mass is 32.2. The number of rotatable bonds is 7. The number of aliphatic hydroxyl groups is 1. The van der Waals surface area contributed by atoms with E-state index in [0.29, 0.717) is 19.4 Å². The van der Waals surface area contributed by atoms with E-state index in [1.165, 1.54) is 16.4 Å². The van der Waals surface area contributed by atoms with E-state index < -0.39 is 27.7 Å². The molecule has 10 heteroatoms. The minimum atomic E-state index is -3.76. The van der Waals surface area contributed by atoms with Crippen LogP contribution in [0, 0.1) is 5.82 Å². The van der Waals surface area contributed by atoms with Gasteiger partial charge >= 0.3 is 11.8 Å². The highest BCUT2D eigenvalue weighted by molar-refractivity contribution is 7.89. The average Bonchev–Trinajstić information content (AvgIpc) is 2.66. The molecular formula is C17H24FN3O5S. The molecule has 1 heterocycles. The first kappa shape index (κ1) is 21.3. The summed E-state index contributed by atoms with van der Waals surface area (Å²) in [5, 5.41) is 13.3. The number of nitrogens with zero attached hydrogens (tertiary/aromatic N) is 1. The van der Waals surface area contributed by atoms with Crippen molar-refractivity contribution < 1.29 is 27.5 Å². The first-order valence-electron chi connectivity index (χ1n) is 8.80. The Hall–Kier alpha value is -2.04. The molecule has 1 atom stereocenters. The number of aliphatic hydroxyl groups excluding tert-OH is 1. The lowest BCUT2D eigenvalue weighted by Crippen LogP contribution is -2.46. The first-order valence-corrected chi connectivity index (χ1v) is 10.2. The van der Waals surface area contributed by atoms with Gasteiger partial charge in [0.2, 0.25) is 10.0 Å². The second kappa shape index (κ2) is 9.77. The lowest BCUT2D eigenvalue weighted by molar-refractivity contribution is -0.139. The largest absolute Gasteiger partial charge is 0.395 e. The Morgan fingerprint density at radius 3 is 2.37 bits per heavy atom. The molecule has 8 nitrogen and oxygen atoms in total. The molecule has 1 unspecified atom stereocenters. The molecule has 1 aliphatic heterocycles. The molecule has 1 aromatic carbocycles. The summed E-state index contributed by atoms with van der Waals surface area (Å²) < 4.78 is 40.2. The second-order valence-electron chi connectivity index (χ2n) is 6.24. The molecule has 0 aromatic heterocycles. The van der Waals surface area contributed by atoms with E-state index in [9.17, 15) is 22.4 Å². The number of hydrogen-bond donors (Lipinski definition) is 3. The van der Waals surface area contributed by atoms with Crippen LogP contribution in [0.3, 0.4) is 0 Å². The van der Waals surface area contributed by atoms with Crippen LogP contribution in [0.4, 0.5) is 4.39 Å². The van der Waals surface area contributed by atoms with Gasteiger partial charge in [-0.2, -0.15) is 4.31 Å². The number of benzene rings is 1. The summed E-state index contributed by atoms with van der Waals surface area (Å²) in [7, 11) is -3.76. The number of hydrogen-bond acceptors (Lipinski definition) is 5. The number of sulfonamides is 1. The van der Waals surface area contributed by atoms with Gasteiger partial charge in [-0.15, -0.1) is 0 Å². The Labute approximate surface area is 157 Å². The van der Waals surface area contributed by atoms with Crippen molar-refractivity contribution in [1.82, 2.24) is 14.9 Å². The predicted molar refractivity (Wildman–Crippen MR) is 95.7 cm³/mol. The van der Waals surface area contributed by atoms with Crippen molar-refractivity contribution in [2.75, 3.05) is 26.2 Å². The molecule has 0 saturated carbocycles. The highest BCUT2D eigenvalue weighted by Crippen LogP contribution is 2.27. The molecule has 1 fully saturated rings. The van der Waals surface area contributed by atoms with Crippen molar-refractivity contribution in [3.63, 3.8) is 0 Å². The standard InChI is InChI=1S/C17H24FN3O5S/c18-13-4-6-15(7-5-13)27(25,26)21-11-2-1-3-14(21)8-9-19-16(23)17(24)20-10-12-22/h4-7,14,22H,1-3,8-12H2,(H,19,23)(H,20,24). The molecule has 1 saturated heterocycles. The van der Waals surface area contributed by atoms with E-state index in [1.807, 2.05) is 0 Å². The van der Waals surface area contributed by atoms with Gasteiger partial charge in [-0.25, -0.2) is 12.8 Å². The fraction of sp³-hybridized carbons (Fsp3) is 0.529. The van der Waals surface area contributed by atoms with E-state index in [-0.39, 0.29) is 30.6 Å². The molecule has 1 aliphatic rings. The van der Waals surface area contributed by atoms with Crippen LogP contribution in [0.2, 0.25) is 0 Å².